The van der Waals surface area contributed by atoms with E-state index in [1.54, 1.807) is 6.07 Å². The van der Waals surface area contributed by atoms with Crippen LogP contribution in [0.5, 0.6) is 0 Å². The first-order valence-electron chi connectivity index (χ1n) is 11.6. The fourth-order valence-corrected chi connectivity index (χ4v) is 4.30. The molecule has 0 aliphatic heterocycles. The van der Waals surface area contributed by atoms with Crippen LogP contribution in [0, 0.1) is 17.5 Å². The normalized spacial score (nSPS) is 11.9. The first-order chi connectivity index (χ1) is 16.7. The van der Waals surface area contributed by atoms with Crippen LogP contribution in [0.2, 0.25) is 0 Å². The number of aryl methyl sites for hydroxylation is 1. The van der Waals surface area contributed by atoms with Crippen LogP contribution in [0.25, 0.3) is 33.0 Å². The molecule has 0 heterocycles. The Labute approximate surface area is 200 Å². The van der Waals surface area contributed by atoms with Crippen LogP contribution in [0.4, 0.5) is 26.3 Å². The molecule has 0 fully saturated rings. The highest BCUT2D eigenvalue weighted by atomic mass is 19.4. The molecule has 35 heavy (non-hydrogen) atoms. The molecule has 0 saturated heterocycles. The zero-order valence-electron chi connectivity index (χ0n) is 19.2. The number of unbranched alkanes of at least 4 members (excludes halogenated alkanes) is 3. The lowest BCUT2D eigenvalue weighted by atomic mass is 9.95. The van der Waals surface area contributed by atoms with E-state index < -0.39 is 34.8 Å². The minimum Gasteiger partial charge on any atom is -0.206 e. The number of benzene rings is 4. The first-order valence-corrected chi connectivity index (χ1v) is 11.6. The van der Waals surface area contributed by atoms with E-state index in [-0.39, 0.29) is 11.1 Å². The van der Waals surface area contributed by atoms with Gasteiger partial charge in [0.2, 0.25) is 0 Å². The van der Waals surface area contributed by atoms with Gasteiger partial charge in [0.25, 0.3) is 0 Å². The van der Waals surface area contributed by atoms with Crippen molar-refractivity contribution in [3.63, 3.8) is 0 Å². The van der Waals surface area contributed by atoms with Crippen molar-refractivity contribution in [3.8, 4) is 22.3 Å². The Bertz CT molecular complexity index is 1330. The van der Waals surface area contributed by atoms with Gasteiger partial charge in [-0.05, 0) is 76.2 Å². The van der Waals surface area contributed by atoms with E-state index in [0.717, 1.165) is 41.8 Å². The number of fused-ring (bicyclic) bond motifs is 1. The molecule has 0 bridgehead atoms. The van der Waals surface area contributed by atoms with E-state index in [1.807, 2.05) is 18.2 Å². The summed E-state index contributed by atoms with van der Waals surface area (Å²) in [6, 6.07) is 15.7. The molecular weight excluding hydrogens is 462 g/mol. The van der Waals surface area contributed by atoms with Crippen molar-refractivity contribution in [2.24, 2.45) is 0 Å². The molecule has 0 aliphatic rings. The summed E-state index contributed by atoms with van der Waals surface area (Å²) in [6.45, 7) is 2.17. The number of hydrogen-bond donors (Lipinski definition) is 0. The summed E-state index contributed by atoms with van der Waals surface area (Å²) in [5, 5.41) is 1.95. The zero-order valence-corrected chi connectivity index (χ0v) is 19.2. The zero-order chi connectivity index (χ0) is 25.2. The quantitative estimate of drug-likeness (QED) is 0.180. The number of rotatable bonds is 7. The summed E-state index contributed by atoms with van der Waals surface area (Å²) < 4.78 is 82.2. The molecule has 0 unspecified atom stereocenters. The third kappa shape index (κ3) is 5.53. The Balaban J connectivity index is 1.62. The number of alkyl halides is 3. The average molecular weight is 486 g/mol. The van der Waals surface area contributed by atoms with Crippen molar-refractivity contribution in [2.45, 2.75) is 45.2 Å². The van der Waals surface area contributed by atoms with Gasteiger partial charge >= 0.3 is 6.18 Å². The topological polar surface area (TPSA) is 0 Å². The van der Waals surface area contributed by atoms with Gasteiger partial charge in [-0.15, -0.1) is 0 Å². The molecule has 0 nitrogen and oxygen atoms in total. The highest BCUT2D eigenvalue weighted by Gasteiger charge is 2.34. The SMILES string of the molecule is CCCCCCc1ccc2cc(-c3cc(F)c(-c4ccc(C(F)(F)F)c(F)c4)c(F)c3)ccc2c1. The highest BCUT2D eigenvalue weighted by Crippen LogP contribution is 2.36. The van der Waals surface area contributed by atoms with E-state index in [0.29, 0.717) is 17.7 Å². The Morgan fingerprint density at radius 1 is 0.600 bits per heavy atom. The monoisotopic (exact) mass is 486 g/mol. The first kappa shape index (κ1) is 24.8. The lowest BCUT2D eigenvalue weighted by Gasteiger charge is -2.12. The summed E-state index contributed by atoms with van der Waals surface area (Å²) in [6.07, 6.45) is 0.834. The second kappa shape index (κ2) is 10.1. The van der Waals surface area contributed by atoms with E-state index in [1.165, 1.54) is 24.8 Å². The minimum atomic E-state index is -4.89. The number of halogens is 6. The molecule has 0 saturated carbocycles. The maximum absolute atomic E-state index is 14.9. The van der Waals surface area contributed by atoms with Crippen LogP contribution in [0.15, 0.2) is 66.7 Å². The van der Waals surface area contributed by atoms with Crippen LogP contribution in [0.1, 0.15) is 43.7 Å². The van der Waals surface area contributed by atoms with E-state index in [9.17, 15) is 26.3 Å². The Kier molecular flexibility index (Phi) is 7.20. The summed E-state index contributed by atoms with van der Waals surface area (Å²) in [4.78, 5) is 0. The molecule has 4 aromatic rings. The third-order valence-electron chi connectivity index (χ3n) is 6.16. The second-order valence-electron chi connectivity index (χ2n) is 8.71. The Morgan fingerprint density at radius 2 is 1.23 bits per heavy atom. The van der Waals surface area contributed by atoms with Crippen LogP contribution in [-0.4, -0.2) is 0 Å². The summed E-state index contributed by atoms with van der Waals surface area (Å²) in [5.41, 5.74) is -0.250. The highest BCUT2D eigenvalue weighted by molar-refractivity contribution is 5.88. The fourth-order valence-electron chi connectivity index (χ4n) is 4.30. The molecule has 0 amide bonds. The standard InChI is InChI=1S/C29H24F6/c1-2-3-4-5-6-18-7-8-20-14-21(10-9-19(20)13-18)23-16-26(31)28(27(32)17-23)22-11-12-24(25(30)15-22)29(33,34)35/h7-17H,2-6H2,1H3. The van der Waals surface area contributed by atoms with Gasteiger partial charge in [-0.2, -0.15) is 13.2 Å². The summed E-state index contributed by atoms with van der Waals surface area (Å²) >= 11 is 0. The van der Waals surface area contributed by atoms with E-state index in [4.69, 9.17) is 0 Å². The molecule has 6 heteroatoms. The van der Waals surface area contributed by atoms with E-state index >= 15 is 0 Å². The molecule has 0 aromatic heterocycles. The molecule has 4 aromatic carbocycles. The predicted molar refractivity (Wildman–Crippen MR) is 128 cm³/mol. The van der Waals surface area contributed by atoms with Crippen LogP contribution < -0.4 is 0 Å². The smallest absolute Gasteiger partial charge is 0.206 e. The van der Waals surface area contributed by atoms with Gasteiger partial charge in [-0.3, -0.25) is 0 Å². The fraction of sp³-hybridized carbons (Fsp3) is 0.241. The molecule has 182 valence electrons. The maximum atomic E-state index is 14.9. The van der Waals surface area contributed by atoms with Crippen molar-refractivity contribution in [1.29, 1.82) is 0 Å². The van der Waals surface area contributed by atoms with Crippen molar-refractivity contribution in [3.05, 3.63) is 95.3 Å². The van der Waals surface area contributed by atoms with Gasteiger partial charge in [-0.1, -0.05) is 62.6 Å². The van der Waals surface area contributed by atoms with Crippen molar-refractivity contribution >= 4 is 10.8 Å². The second-order valence-corrected chi connectivity index (χ2v) is 8.71. The van der Waals surface area contributed by atoms with Crippen LogP contribution in [0.3, 0.4) is 0 Å². The van der Waals surface area contributed by atoms with Crippen LogP contribution in [-0.2, 0) is 12.6 Å². The van der Waals surface area contributed by atoms with E-state index in [2.05, 4.69) is 19.1 Å². The maximum Gasteiger partial charge on any atom is 0.419 e. The number of hydrogen-bond acceptors (Lipinski definition) is 0. The van der Waals surface area contributed by atoms with Gasteiger partial charge in [-0.25, -0.2) is 13.2 Å². The minimum absolute atomic E-state index is 0.279. The molecular formula is C29H24F6. The van der Waals surface area contributed by atoms with Gasteiger partial charge in [0.1, 0.15) is 17.5 Å². The molecule has 0 radical (unpaired) electrons. The summed E-state index contributed by atoms with van der Waals surface area (Å²) in [5.74, 6) is -3.56. The lowest BCUT2D eigenvalue weighted by Crippen LogP contribution is -2.08. The molecule has 0 spiro atoms. The van der Waals surface area contributed by atoms with Crippen molar-refractivity contribution < 1.29 is 26.3 Å². The van der Waals surface area contributed by atoms with Gasteiger partial charge in [0, 0.05) is 0 Å². The molecule has 0 aliphatic carbocycles. The predicted octanol–water partition coefficient (Wildman–Crippen LogP) is 9.73. The lowest BCUT2D eigenvalue weighted by molar-refractivity contribution is -0.139. The van der Waals surface area contributed by atoms with Gasteiger partial charge in [0.05, 0.1) is 11.1 Å². The average Bonchev–Trinajstić information content (AvgIpc) is 2.80. The van der Waals surface area contributed by atoms with Crippen molar-refractivity contribution in [2.75, 3.05) is 0 Å². The van der Waals surface area contributed by atoms with Crippen molar-refractivity contribution in [1.82, 2.24) is 0 Å². The van der Waals surface area contributed by atoms with Crippen LogP contribution >= 0.6 is 0 Å². The van der Waals surface area contributed by atoms with Gasteiger partial charge < -0.3 is 0 Å². The van der Waals surface area contributed by atoms with Gasteiger partial charge in [0.15, 0.2) is 0 Å². The molecule has 0 atom stereocenters. The molecule has 4 rings (SSSR count). The summed E-state index contributed by atoms with van der Waals surface area (Å²) in [7, 11) is 0. The molecule has 0 N–H and O–H groups in total. The largest absolute Gasteiger partial charge is 0.419 e. The third-order valence-corrected chi connectivity index (χ3v) is 6.16. The Morgan fingerprint density at radius 3 is 1.89 bits per heavy atom. The Hall–Kier alpha value is -3.28.